The number of hydrogen-bond acceptors (Lipinski definition) is 3. The van der Waals surface area contributed by atoms with Crippen LogP contribution in [0.2, 0.25) is 0 Å². The molecule has 0 aliphatic rings. The fourth-order valence-corrected chi connectivity index (χ4v) is 3.73. The van der Waals surface area contributed by atoms with Crippen LogP contribution in [0.15, 0.2) is 35.2 Å². The third-order valence-electron chi connectivity index (χ3n) is 5.52. The van der Waals surface area contributed by atoms with Crippen molar-refractivity contribution in [3.8, 4) is 0 Å². The van der Waals surface area contributed by atoms with Gasteiger partial charge in [-0.25, -0.2) is 0 Å². The van der Waals surface area contributed by atoms with E-state index in [9.17, 15) is 118 Å². The zero-order chi connectivity index (χ0) is 38.3. The maximum atomic E-state index is 13.9. The van der Waals surface area contributed by atoms with Crippen molar-refractivity contribution in [1.29, 1.82) is 0 Å². The van der Waals surface area contributed by atoms with Crippen LogP contribution in [0, 0.1) is 0 Å². The van der Waals surface area contributed by atoms with Crippen LogP contribution >= 0.6 is 0 Å². The standard InChI is InChI=1S/C18H5F25O3S/c19-7(20,9(23,24)11(27,28)13(31,32)15(35,36)17(39,40)41)8(21,22)10(25,26)12(29,30)14(33,34)16(37,38)18(42,43)46-47(44,45)6-4-2-1-3-5-6/h1-5H. The fraction of sp³-hybridized carbons (Fsp3) is 0.667. The summed E-state index contributed by atoms with van der Waals surface area (Å²) in [4.78, 5) is -1.77. The highest BCUT2D eigenvalue weighted by molar-refractivity contribution is 7.86. The van der Waals surface area contributed by atoms with Crippen LogP contribution in [0.4, 0.5) is 110 Å². The highest BCUT2D eigenvalue weighted by Gasteiger charge is 2.99. The van der Waals surface area contributed by atoms with Gasteiger partial charge in [-0.2, -0.15) is 122 Å². The lowest BCUT2D eigenvalue weighted by atomic mass is 9.85. The van der Waals surface area contributed by atoms with E-state index in [2.05, 4.69) is 4.18 Å². The lowest BCUT2D eigenvalue weighted by Gasteiger charge is -2.45. The Morgan fingerprint density at radius 2 is 0.596 bits per heavy atom. The van der Waals surface area contributed by atoms with Crippen LogP contribution in [-0.4, -0.2) is 79.9 Å². The van der Waals surface area contributed by atoms with E-state index in [-0.39, 0.29) is 12.1 Å². The van der Waals surface area contributed by atoms with Gasteiger partial charge in [0.1, 0.15) is 0 Å². The molecule has 0 fully saturated rings. The van der Waals surface area contributed by atoms with E-state index in [1.807, 2.05) is 0 Å². The van der Waals surface area contributed by atoms with Gasteiger partial charge in [0, 0.05) is 0 Å². The smallest absolute Gasteiger partial charge is 0.194 e. The summed E-state index contributed by atoms with van der Waals surface area (Å²) in [6, 6.07) is 2.06. The molecular formula is C18H5F25O3S. The van der Waals surface area contributed by atoms with Crippen molar-refractivity contribution in [2.24, 2.45) is 0 Å². The van der Waals surface area contributed by atoms with E-state index in [4.69, 9.17) is 0 Å². The van der Waals surface area contributed by atoms with Crippen molar-refractivity contribution in [2.45, 2.75) is 76.4 Å². The van der Waals surface area contributed by atoms with Gasteiger partial charge >= 0.3 is 81.6 Å². The molecule has 1 aromatic carbocycles. The Labute approximate surface area is 240 Å². The molecule has 0 aliphatic heterocycles. The molecule has 0 radical (unpaired) electrons. The average molecular weight is 776 g/mol. The first kappa shape index (κ1) is 42.4. The number of halogens is 25. The zero-order valence-electron chi connectivity index (χ0n) is 20.5. The van der Waals surface area contributed by atoms with Gasteiger partial charge in [0.2, 0.25) is 0 Å². The highest BCUT2D eigenvalue weighted by Crippen LogP contribution is 2.67. The number of benzene rings is 1. The Balaban J connectivity index is 3.86. The van der Waals surface area contributed by atoms with Gasteiger partial charge in [0.05, 0.1) is 4.90 Å². The molecule has 276 valence electrons. The summed E-state index contributed by atoms with van der Waals surface area (Å²) in [7, 11) is -6.63. The first-order valence-electron chi connectivity index (χ1n) is 10.3. The molecule has 3 nitrogen and oxygen atoms in total. The SMILES string of the molecule is O=S(=O)(OC(F)(F)C(F)(F)C(F)(F)C(F)(F)C(F)(F)C(F)(F)C(F)(F)C(F)(F)C(F)(F)C(F)(F)C(F)(F)C(F)(F)F)c1ccccc1. The van der Waals surface area contributed by atoms with E-state index in [0.29, 0.717) is 12.1 Å². The molecule has 0 heterocycles. The largest absolute Gasteiger partial charge is 0.460 e. The van der Waals surface area contributed by atoms with E-state index in [1.165, 1.54) is 0 Å². The van der Waals surface area contributed by atoms with E-state index >= 15 is 0 Å². The molecule has 0 amide bonds. The molecule has 0 spiro atoms. The zero-order valence-corrected chi connectivity index (χ0v) is 21.3. The third kappa shape index (κ3) is 5.48. The number of rotatable bonds is 13. The van der Waals surface area contributed by atoms with Crippen molar-refractivity contribution in [2.75, 3.05) is 0 Å². The minimum absolute atomic E-state index is 0.0944. The summed E-state index contributed by atoms with van der Waals surface area (Å²) in [5.74, 6) is -93.5. The molecule has 0 aromatic heterocycles. The summed E-state index contributed by atoms with van der Waals surface area (Å²) in [5.41, 5.74) is 0. The van der Waals surface area contributed by atoms with Gasteiger partial charge < -0.3 is 0 Å². The molecule has 29 heteroatoms. The van der Waals surface area contributed by atoms with Gasteiger partial charge in [-0.15, -0.1) is 0 Å². The summed E-state index contributed by atoms with van der Waals surface area (Å²) >= 11 is 0. The second-order valence-electron chi connectivity index (χ2n) is 8.61. The second kappa shape index (κ2) is 10.9. The minimum atomic E-state index is -9.73. The fourth-order valence-electron chi connectivity index (χ4n) is 2.76. The van der Waals surface area contributed by atoms with Gasteiger partial charge in [-0.3, -0.25) is 0 Å². The lowest BCUT2D eigenvalue weighted by molar-refractivity contribution is -0.486. The van der Waals surface area contributed by atoms with Crippen molar-refractivity contribution < 1.29 is 122 Å². The number of alkyl halides is 25. The molecule has 0 aliphatic carbocycles. The van der Waals surface area contributed by atoms with Crippen LogP contribution in [0.5, 0.6) is 0 Å². The molecule has 0 atom stereocenters. The topological polar surface area (TPSA) is 43.4 Å². The Kier molecular flexibility index (Phi) is 9.87. The molecule has 0 saturated carbocycles. The first-order valence-corrected chi connectivity index (χ1v) is 11.7. The Morgan fingerprint density at radius 3 is 0.851 bits per heavy atom. The molecule has 1 rings (SSSR count). The first-order chi connectivity index (χ1) is 20.1. The average Bonchev–Trinajstić information content (AvgIpc) is 2.86. The van der Waals surface area contributed by atoms with Crippen LogP contribution in [0.3, 0.4) is 0 Å². The predicted molar refractivity (Wildman–Crippen MR) is 95.2 cm³/mol. The minimum Gasteiger partial charge on any atom is -0.194 e. The van der Waals surface area contributed by atoms with Crippen molar-refractivity contribution in [3.63, 3.8) is 0 Å². The Morgan fingerprint density at radius 1 is 0.362 bits per heavy atom. The van der Waals surface area contributed by atoms with Crippen molar-refractivity contribution >= 4 is 10.1 Å². The third-order valence-corrected chi connectivity index (χ3v) is 6.80. The van der Waals surface area contributed by atoms with Crippen LogP contribution in [0.25, 0.3) is 0 Å². The number of hydrogen-bond donors (Lipinski definition) is 0. The summed E-state index contributed by atoms with van der Waals surface area (Å²) in [6.07, 6.45) is -16.1. The second-order valence-corrected chi connectivity index (χ2v) is 10.2. The molecule has 0 saturated heterocycles. The maximum absolute atomic E-state index is 13.9. The van der Waals surface area contributed by atoms with Gasteiger partial charge in [0.25, 0.3) is 0 Å². The quantitative estimate of drug-likeness (QED) is 0.149. The summed E-state index contributed by atoms with van der Waals surface area (Å²) < 4.78 is 361. The van der Waals surface area contributed by atoms with E-state index in [1.54, 1.807) is 0 Å². The van der Waals surface area contributed by atoms with Gasteiger partial charge in [0.15, 0.2) is 0 Å². The van der Waals surface area contributed by atoms with Gasteiger partial charge in [-0.05, 0) is 12.1 Å². The van der Waals surface area contributed by atoms with Gasteiger partial charge in [-0.1, -0.05) is 18.2 Å². The predicted octanol–water partition coefficient (Wildman–Crippen LogP) is 8.90. The Bertz CT molecular complexity index is 1400. The van der Waals surface area contributed by atoms with E-state index < -0.39 is 86.5 Å². The molecule has 47 heavy (non-hydrogen) atoms. The molecule has 0 bridgehead atoms. The summed E-state index contributed by atoms with van der Waals surface area (Å²) in [5, 5.41) is 0. The lowest BCUT2D eigenvalue weighted by Crippen LogP contribution is -2.78. The Hall–Kier alpha value is -2.62. The normalized spacial score (nSPS) is 16.4. The van der Waals surface area contributed by atoms with Crippen molar-refractivity contribution in [1.82, 2.24) is 0 Å². The molecule has 0 unspecified atom stereocenters. The van der Waals surface area contributed by atoms with Crippen LogP contribution in [0.1, 0.15) is 0 Å². The van der Waals surface area contributed by atoms with Crippen molar-refractivity contribution in [3.05, 3.63) is 30.3 Å². The summed E-state index contributed by atoms with van der Waals surface area (Å²) in [6.45, 7) is 0. The van der Waals surface area contributed by atoms with Crippen LogP contribution < -0.4 is 0 Å². The molecule has 0 N–H and O–H groups in total. The molecular weight excluding hydrogens is 771 g/mol. The van der Waals surface area contributed by atoms with E-state index in [0.717, 1.165) is 6.07 Å². The highest BCUT2D eigenvalue weighted by atomic mass is 32.2. The molecule has 1 aromatic rings. The monoisotopic (exact) mass is 776 g/mol. The maximum Gasteiger partial charge on any atom is 0.460 e. The van der Waals surface area contributed by atoms with Crippen LogP contribution in [-0.2, 0) is 14.3 Å².